The smallest absolute Gasteiger partial charge is 0.340 e. The number of hydrogen-bond acceptors (Lipinski definition) is 5. The number of carbonyl (C=O) groups excluding carboxylic acids is 2. The van der Waals surface area contributed by atoms with E-state index in [1.54, 1.807) is 27.1 Å². The van der Waals surface area contributed by atoms with Crippen molar-refractivity contribution in [2.45, 2.75) is 20.4 Å². The van der Waals surface area contributed by atoms with E-state index in [1.165, 1.54) is 4.90 Å². The van der Waals surface area contributed by atoms with Crippen molar-refractivity contribution < 1.29 is 19.1 Å². The normalized spacial score (nSPS) is 10.6. The highest BCUT2D eigenvalue weighted by Crippen LogP contribution is 2.20. The predicted molar refractivity (Wildman–Crippen MR) is 111 cm³/mol. The van der Waals surface area contributed by atoms with Crippen LogP contribution in [0.4, 0.5) is 0 Å². The Kier molecular flexibility index (Phi) is 6.12. The Labute approximate surface area is 170 Å². The lowest BCUT2D eigenvalue weighted by molar-refractivity contribution is -0.133. The lowest BCUT2D eigenvalue weighted by Gasteiger charge is -2.19. The van der Waals surface area contributed by atoms with Crippen molar-refractivity contribution in [3.05, 3.63) is 70.9 Å². The molecule has 6 heteroatoms. The molecule has 0 saturated heterocycles. The maximum Gasteiger partial charge on any atom is 0.340 e. The first-order chi connectivity index (χ1) is 13.9. The highest BCUT2D eigenvalue weighted by Gasteiger charge is 2.17. The lowest BCUT2D eigenvalue weighted by Crippen LogP contribution is -2.31. The fourth-order valence-electron chi connectivity index (χ4n) is 3.09. The molecule has 0 atom stereocenters. The summed E-state index contributed by atoms with van der Waals surface area (Å²) in [4.78, 5) is 30.9. The highest BCUT2D eigenvalue weighted by atomic mass is 16.5. The van der Waals surface area contributed by atoms with Crippen LogP contribution in [0.5, 0.6) is 5.75 Å². The molecule has 0 aliphatic heterocycles. The van der Waals surface area contributed by atoms with Gasteiger partial charge in [0.25, 0.3) is 5.91 Å². The Morgan fingerprint density at radius 2 is 1.83 bits per heavy atom. The number of rotatable bonds is 6. The number of hydrogen-bond donors (Lipinski definition) is 0. The van der Waals surface area contributed by atoms with Gasteiger partial charge in [-0.2, -0.15) is 0 Å². The molecule has 29 heavy (non-hydrogen) atoms. The van der Waals surface area contributed by atoms with Crippen LogP contribution in [0, 0.1) is 13.8 Å². The summed E-state index contributed by atoms with van der Waals surface area (Å²) in [5.41, 5.74) is 3.71. The maximum atomic E-state index is 12.5. The molecule has 1 amide bonds. The molecule has 0 spiro atoms. The van der Waals surface area contributed by atoms with Crippen LogP contribution in [0.1, 0.15) is 27.2 Å². The van der Waals surface area contributed by atoms with E-state index < -0.39 is 5.97 Å². The zero-order chi connectivity index (χ0) is 21.0. The summed E-state index contributed by atoms with van der Waals surface area (Å²) in [5.74, 6) is -0.152. The van der Waals surface area contributed by atoms with E-state index in [9.17, 15) is 9.59 Å². The molecule has 2 aromatic carbocycles. The average molecular weight is 392 g/mol. The molecule has 0 unspecified atom stereocenters. The maximum absolute atomic E-state index is 12.5. The molecular weight excluding hydrogens is 368 g/mol. The molecule has 0 bridgehead atoms. The van der Waals surface area contributed by atoms with Crippen molar-refractivity contribution in [2.75, 3.05) is 20.8 Å². The number of carbonyl (C=O) groups is 2. The third kappa shape index (κ3) is 4.71. The molecule has 6 nitrogen and oxygen atoms in total. The number of nitrogens with zero attached hydrogens (tertiary/aromatic N) is 2. The van der Waals surface area contributed by atoms with Crippen LogP contribution >= 0.6 is 0 Å². The Morgan fingerprint density at radius 1 is 1.07 bits per heavy atom. The summed E-state index contributed by atoms with van der Waals surface area (Å²) < 4.78 is 10.6. The molecule has 3 rings (SSSR count). The number of benzene rings is 2. The number of methoxy groups -OCH3 is 1. The minimum Gasteiger partial charge on any atom is -0.496 e. The largest absolute Gasteiger partial charge is 0.496 e. The minimum atomic E-state index is -0.558. The van der Waals surface area contributed by atoms with Gasteiger partial charge < -0.3 is 14.4 Å². The molecule has 0 saturated carbocycles. The number of likely N-dealkylation sites (N-methyl/N-ethyl adjacent to an activating group) is 1. The molecule has 1 heterocycles. The van der Waals surface area contributed by atoms with Crippen LogP contribution in [0.15, 0.2) is 48.5 Å². The van der Waals surface area contributed by atoms with Crippen LogP contribution in [-0.2, 0) is 16.1 Å². The second-order valence-corrected chi connectivity index (χ2v) is 6.96. The van der Waals surface area contributed by atoms with Crippen LogP contribution in [0.25, 0.3) is 10.9 Å². The van der Waals surface area contributed by atoms with Gasteiger partial charge in [-0.25, -0.2) is 4.79 Å². The predicted octanol–water partition coefficient (Wildman–Crippen LogP) is 3.68. The van der Waals surface area contributed by atoms with E-state index in [4.69, 9.17) is 9.47 Å². The van der Waals surface area contributed by atoms with Crippen LogP contribution < -0.4 is 4.74 Å². The second-order valence-electron chi connectivity index (χ2n) is 6.96. The first-order valence-corrected chi connectivity index (χ1v) is 9.30. The Hall–Kier alpha value is -3.41. The van der Waals surface area contributed by atoms with Gasteiger partial charge in [0.05, 0.1) is 23.9 Å². The average Bonchev–Trinajstić information content (AvgIpc) is 2.71. The monoisotopic (exact) mass is 392 g/mol. The standard InChI is InChI=1S/C23H24N2O4/c1-15-9-10-20-18(11-15)12-19(16(2)24-20)23(27)29-14-22(26)25(3)13-17-7-5-6-8-21(17)28-4/h5-12H,13-14H2,1-4H3. The van der Waals surface area contributed by atoms with Crippen molar-refractivity contribution in [1.82, 2.24) is 9.88 Å². The number of ether oxygens (including phenoxy) is 2. The van der Waals surface area contributed by atoms with Gasteiger partial charge in [-0.15, -0.1) is 0 Å². The van der Waals surface area contributed by atoms with E-state index in [2.05, 4.69) is 4.98 Å². The van der Waals surface area contributed by atoms with E-state index in [0.29, 0.717) is 23.6 Å². The molecule has 0 radical (unpaired) electrons. The Morgan fingerprint density at radius 3 is 2.59 bits per heavy atom. The van der Waals surface area contributed by atoms with Crippen LogP contribution in [0.2, 0.25) is 0 Å². The van der Waals surface area contributed by atoms with Crippen molar-refractivity contribution in [3.63, 3.8) is 0 Å². The SMILES string of the molecule is COc1ccccc1CN(C)C(=O)COC(=O)c1cc2cc(C)ccc2nc1C. The minimum absolute atomic E-state index is 0.300. The summed E-state index contributed by atoms with van der Waals surface area (Å²) in [6.45, 7) is 3.76. The summed E-state index contributed by atoms with van der Waals surface area (Å²) in [5, 5.41) is 0.863. The van der Waals surface area contributed by atoms with E-state index in [1.807, 2.05) is 49.4 Å². The third-order valence-electron chi connectivity index (χ3n) is 4.73. The molecule has 0 fully saturated rings. The molecular formula is C23H24N2O4. The number of aromatic nitrogens is 1. The number of amides is 1. The van der Waals surface area contributed by atoms with Gasteiger partial charge in [-0.3, -0.25) is 9.78 Å². The summed E-state index contributed by atoms with van der Waals surface area (Å²) in [6, 6.07) is 15.1. The van der Waals surface area contributed by atoms with Gasteiger partial charge in [0, 0.05) is 24.5 Å². The lowest BCUT2D eigenvalue weighted by atomic mass is 10.1. The first-order valence-electron chi connectivity index (χ1n) is 9.30. The Bertz CT molecular complexity index is 1060. The molecule has 0 aliphatic carbocycles. The Balaban J connectivity index is 1.66. The zero-order valence-corrected chi connectivity index (χ0v) is 17.1. The molecule has 0 aliphatic rings. The van der Waals surface area contributed by atoms with E-state index in [-0.39, 0.29) is 12.5 Å². The summed E-state index contributed by atoms with van der Waals surface area (Å²) >= 11 is 0. The quantitative estimate of drug-likeness (QED) is 0.599. The van der Waals surface area contributed by atoms with E-state index in [0.717, 1.165) is 22.0 Å². The second kappa shape index (κ2) is 8.73. The van der Waals surface area contributed by atoms with Gasteiger partial charge in [-0.1, -0.05) is 29.8 Å². The number of para-hydroxylation sites is 1. The number of pyridine rings is 1. The van der Waals surface area contributed by atoms with Crippen LogP contribution in [0.3, 0.4) is 0 Å². The first kappa shape index (κ1) is 20.3. The fraction of sp³-hybridized carbons (Fsp3) is 0.261. The molecule has 1 aromatic heterocycles. The van der Waals surface area contributed by atoms with Gasteiger partial charge in [0.2, 0.25) is 0 Å². The van der Waals surface area contributed by atoms with Gasteiger partial charge in [0.15, 0.2) is 6.61 Å². The highest BCUT2D eigenvalue weighted by molar-refractivity contribution is 5.96. The number of esters is 1. The molecule has 3 aromatic rings. The third-order valence-corrected chi connectivity index (χ3v) is 4.73. The number of fused-ring (bicyclic) bond motifs is 1. The van der Waals surface area contributed by atoms with Gasteiger partial charge >= 0.3 is 5.97 Å². The van der Waals surface area contributed by atoms with Crippen molar-refractivity contribution in [3.8, 4) is 5.75 Å². The summed E-state index contributed by atoms with van der Waals surface area (Å²) in [7, 11) is 3.25. The van der Waals surface area contributed by atoms with Crippen LogP contribution in [-0.4, -0.2) is 42.5 Å². The zero-order valence-electron chi connectivity index (χ0n) is 17.1. The van der Waals surface area contributed by atoms with Gasteiger partial charge in [0.1, 0.15) is 5.75 Å². The number of aryl methyl sites for hydroxylation is 2. The van der Waals surface area contributed by atoms with Crippen molar-refractivity contribution in [1.29, 1.82) is 0 Å². The van der Waals surface area contributed by atoms with Crippen molar-refractivity contribution >= 4 is 22.8 Å². The van der Waals surface area contributed by atoms with Gasteiger partial charge in [-0.05, 0) is 38.1 Å². The topological polar surface area (TPSA) is 68.7 Å². The fourth-order valence-corrected chi connectivity index (χ4v) is 3.09. The summed E-state index contributed by atoms with van der Waals surface area (Å²) in [6.07, 6.45) is 0. The van der Waals surface area contributed by atoms with Crippen molar-refractivity contribution in [2.24, 2.45) is 0 Å². The molecule has 0 N–H and O–H groups in total. The molecule has 150 valence electrons. The van der Waals surface area contributed by atoms with E-state index >= 15 is 0 Å².